The highest BCUT2D eigenvalue weighted by atomic mass is 16.5. The van der Waals surface area contributed by atoms with Gasteiger partial charge in [-0.2, -0.15) is 5.10 Å². The van der Waals surface area contributed by atoms with Crippen molar-refractivity contribution < 1.29 is 4.74 Å². The van der Waals surface area contributed by atoms with Crippen molar-refractivity contribution >= 4 is 0 Å². The average Bonchev–Trinajstić information content (AvgIpc) is 2.66. The predicted octanol–water partition coefficient (Wildman–Crippen LogP) is 0.814. The molecular weight excluding hydrogens is 192 g/mol. The van der Waals surface area contributed by atoms with Gasteiger partial charge in [-0.3, -0.25) is 0 Å². The number of nitrogens with zero attached hydrogens (tertiary/aromatic N) is 3. The Kier molecular flexibility index (Phi) is 5.96. The molecule has 1 aromatic rings. The van der Waals surface area contributed by atoms with E-state index < -0.39 is 0 Å². The number of hydrogen-bond acceptors (Lipinski definition) is 4. The lowest BCUT2D eigenvalue weighted by molar-refractivity contribution is 0.149. The van der Waals surface area contributed by atoms with Crippen LogP contribution in [0.3, 0.4) is 0 Å². The monoisotopic (exact) mass is 212 g/mol. The normalized spacial score (nSPS) is 10.8. The lowest BCUT2D eigenvalue weighted by Crippen LogP contribution is -2.22. The molecule has 0 amide bonds. The number of aryl methyl sites for hydroxylation is 1. The van der Waals surface area contributed by atoms with Gasteiger partial charge in [0, 0.05) is 19.7 Å². The van der Waals surface area contributed by atoms with E-state index in [-0.39, 0.29) is 0 Å². The van der Waals surface area contributed by atoms with Crippen LogP contribution in [0.4, 0.5) is 0 Å². The molecule has 0 saturated carbocycles. The zero-order chi connectivity index (χ0) is 10.9. The third-order valence-electron chi connectivity index (χ3n) is 2.04. The van der Waals surface area contributed by atoms with Crippen LogP contribution >= 0.6 is 0 Å². The molecular formula is C10H20N4O. The first kappa shape index (κ1) is 12.1. The SMILES string of the molecule is CCCn1ncnc1CNCCOCC. The van der Waals surface area contributed by atoms with Gasteiger partial charge in [-0.25, -0.2) is 9.67 Å². The summed E-state index contributed by atoms with van der Waals surface area (Å²) in [7, 11) is 0. The summed E-state index contributed by atoms with van der Waals surface area (Å²) in [5.74, 6) is 0.994. The molecule has 0 spiro atoms. The quantitative estimate of drug-likeness (QED) is 0.648. The summed E-state index contributed by atoms with van der Waals surface area (Å²) in [5, 5.41) is 7.43. The molecule has 0 unspecified atom stereocenters. The highest BCUT2D eigenvalue weighted by Crippen LogP contribution is 1.95. The van der Waals surface area contributed by atoms with Gasteiger partial charge in [-0.15, -0.1) is 0 Å². The molecule has 0 aromatic carbocycles. The van der Waals surface area contributed by atoms with Crippen LogP contribution in [-0.4, -0.2) is 34.5 Å². The summed E-state index contributed by atoms with van der Waals surface area (Å²) >= 11 is 0. The van der Waals surface area contributed by atoms with Crippen LogP contribution < -0.4 is 5.32 Å². The van der Waals surface area contributed by atoms with Crippen molar-refractivity contribution in [2.24, 2.45) is 0 Å². The number of ether oxygens (including phenoxy) is 1. The average molecular weight is 212 g/mol. The molecule has 0 bridgehead atoms. The zero-order valence-corrected chi connectivity index (χ0v) is 9.57. The third-order valence-corrected chi connectivity index (χ3v) is 2.04. The fourth-order valence-electron chi connectivity index (χ4n) is 1.31. The van der Waals surface area contributed by atoms with E-state index in [0.29, 0.717) is 0 Å². The molecule has 1 rings (SSSR count). The van der Waals surface area contributed by atoms with Crippen LogP contribution in [-0.2, 0) is 17.8 Å². The van der Waals surface area contributed by atoms with Crippen molar-refractivity contribution in [3.63, 3.8) is 0 Å². The Balaban J connectivity index is 2.21. The molecule has 0 fully saturated rings. The van der Waals surface area contributed by atoms with E-state index in [2.05, 4.69) is 22.3 Å². The Hall–Kier alpha value is -0.940. The minimum absolute atomic E-state index is 0.748. The van der Waals surface area contributed by atoms with Crippen molar-refractivity contribution in [2.45, 2.75) is 33.4 Å². The second-order valence-electron chi connectivity index (χ2n) is 3.27. The second kappa shape index (κ2) is 7.36. The van der Waals surface area contributed by atoms with Gasteiger partial charge in [0.15, 0.2) is 0 Å². The molecule has 15 heavy (non-hydrogen) atoms. The van der Waals surface area contributed by atoms with Gasteiger partial charge < -0.3 is 10.1 Å². The summed E-state index contributed by atoms with van der Waals surface area (Å²) in [6, 6.07) is 0. The third kappa shape index (κ3) is 4.40. The molecule has 0 aliphatic heterocycles. The first-order valence-corrected chi connectivity index (χ1v) is 5.53. The van der Waals surface area contributed by atoms with Crippen LogP contribution in [0.25, 0.3) is 0 Å². The molecule has 1 heterocycles. The van der Waals surface area contributed by atoms with Crippen molar-refractivity contribution in [3.8, 4) is 0 Å². The van der Waals surface area contributed by atoms with Crippen LogP contribution in [0.15, 0.2) is 6.33 Å². The molecule has 0 radical (unpaired) electrons. The number of hydrogen-bond donors (Lipinski definition) is 1. The van der Waals surface area contributed by atoms with Crippen molar-refractivity contribution in [3.05, 3.63) is 12.2 Å². The van der Waals surface area contributed by atoms with E-state index in [9.17, 15) is 0 Å². The maximum absolute atomic E-state index is 5.23. The summed E-state index contributed by atoms with van der Waals surface area (Å²) in [6.45, 7) is 8.19. The molecule has 86 valence electrons. The first-order chi connectivity index (χ1) is 7.38. The molecule has 0 aliphatic rings. The van der Waals surface area contributed by atoms with E-state index in [1.54, 1.807) is 6.33 Å². The van der Waals surface area contributed by atoms with Gasteiger partial charge in [-0.05, 0) is 13.3 Å². The van der Waals surface area contributed by atoms with Gasteiger partial charge in [-0.1, -0.05) is 6.92 Å². The second-order valence-corrected chi connectivity index (χ2v) is 3.27. The molecule has 0 saturated heterocycles. The van der Waals surface area contributed by atoms with Crippen molar-refractivity contribution in [1.29, 1.82) is 0 Å². The Labute approximate surface area is 90.8 Å². The van der Waals surface area contributed by atoms with Gasteiger partial charge in [0.25, 0.3) is 0 Å². The van der Waals surface area contributed by atoms with Gasteiger partial charge in [0.05, 0.1) is 13.2 Å². The molecule has 5 heteroatoms. The Morgan fingerprint density at radius 3 is 3.07 bits per heavy atom. The molecule has 5 nitrogen and oxygen atoms in total. The molecule has 0 aliphatic carbocycles. The van der Waals surface area contributed by atoms with Crippen LogP contribution in [0, 0.1) is 0 Å². The molecule has 1 aromatic heterocycles. The first-order valence-electron chi connectivity index (χ1n) is 5.53. The van der Waals surface area contributed by atoms with Crippen LogP contribution in [0.5, 0.6) is 0 Å². The smallest absolute Gasteiger partial charge is 0.140 e. The standard InChI is InChI=1S/C10H20N4O/c1-3-6-14-10(12-9-13-14)8-11-5-7-15-4-2/h9,11H,3-8H2,1-2H3. The Morgan fingerprint density at radius 1 is 1.47 bits per heavy atom. The van der Waals surface area contributed by atoms with Gasteiger partial charge >= 0.3 is 0 Å². The number of aromatic nitrogens is 3. The Bertz CT molecular complexity index is 262. The number of nitrogens with one attached hydrogen (secondary N) is 1. The highest BCUT2D eigenvalue weighted by molar-refractivity contribution is 4.83. The zero-order valence-electron chi connectivity index (χ0n) is 9.57. The van der Waals surface area contributed by atoms with Crippen LogP contribution in [0.2, 0.25) is 0 Å². The minimum Gasteiger partial charge on any atom is -0.380 e. The van der Waals surface area contributed by atoms with Crippen LogP contribution in [0.1, 0.15) is 26.1 Å². The van der Waals surface area contributed by atoms with E-state index in [1.165, 1.54) is 0 Å². The van der Waals surface area contributed by atoms with Crippen molar-refractivity contribution in [2.75, 3.05) is 19.8 Å². The summed E-state index contributed by atoms with van der Waals surface area (Å²) < 4.78 is 7.16. The summed E-state index contributed by atoms with van der Waals surface area (Å²) in [5.41, 5.74) is 0. The fraction of sp³-hybridized carbons (Fsp3) is 0.800. The van der Waals surface area contributed by atoms with E-state index >= 15 is 0 Å². The van der Waals surface area contributed by atoms with Gasteiger partial charge in [0.1, 0.15) is 12.2 Å². The molecule has 1 N–H and O–H groups in total. The van der Waals surface area contributed by atoms with E-state index in [4.69, 9.17) is 4.74 Å². The highest BCUT2D eigenvalue weighted by Gasteiger charge is 2.01. The van der Waals surface area contributed by atoms with Crippen molar-refractivity contribution in [1.82, 2.24) is 20.1 Å². The maximum atomic E-state index is 5.23. The Morgan fingerprint density at radius 2 is 2.33 bits per heavy atom. The lowest BCUT2D eigenvalue weighted by atomic mass is 10.4. The fourth-order valence-corrected chi connectivity index (χ4v) is 1.31. The predicted molar refractivity (Wildman–Crippen MR) is 58.5 cm³/mol. The minimum atomic E-state index is 0.748. The lowest BCUT2D eigenvalue weighted by Gasteiger charge is -2.06. The van der Waals surface area contributed by atoms with E-state index in [1.807, 2.05) is 11.6 Å². The molecule has 0 atom stereocenters. The summed E-state index contributed by atoms with van der Waals surface area (Å²) in [4.78, 5) is 4.20. The largest absolute Gasteiger partial charge is 0.380 e. The van der Waals surface area contributed by atoms with E-state index in [0.717, 1.165) is 45.1 Å². The van der Waals surface area contributed by atoms with Gasteiger partial charge in [0.2, 0.25) is 0 Å². The summed E-state index contributed by atoms with van der Waals surface area (Å²) in [6.07, 6.45) is 2.69. The maximum Gasteiger partial charge on any atom is 0.140 e. The number of rotatable bonds is 8. The topological polar surface area (TPSA) is 52.0 Å².